The molecule has 0 spiro atoms. The molecule has 18 heteroatoms. The molecule has 97 heavy (non-hydrogen) atoms. The van der Waals surface area contributed by atoms with Crippen LogP contribution < -0.4 is 0 Å². The maximum Gasteiger partial charge on any atom is 0.472 e. The third-order valence-corrected chi connectivity index (χ3v) is 17.6. The molecule has 0 aliphatic carbocycles. The fourth-order valence-electron chi connectivity index (χ4n) is 9.98. The van der Waals surface area contributed by atoms with Crippen molar-refractivity contribution in [3.8, 4) is 0 Å². The van der Waals surface area contributed by atoms with Crippen molar-refractivity contribution in [3.05, 3.63) is 122 Å². The van der Waals surface area contributed by atoms with Crippen LogP contribution in [-0.4, -0.2) is 95.9 Å². The number of hydrogen-bond acceptors (Lipinski definition) is 14. The molecule has 4 N–H and O–H groups in total. The molecule has 0 aliphatic rings. The Morgan fingerprint density at radius 3 is 0.866 bits per heavy atom. The van der Waals surface area contributed by atoms with Crippen molar-refractivity contribution in [1.82, 2.24) is 0 Å². The predicted molar refractivity (Wildman–Crippen MR) is 399 cm³/mol. The van der Waals surface area contributed by atoms with E-state index in [2.05, 4.69) is 142 Å². The van der Waals surface area contributed by atoms with E-state index in [-0.39, 0.29) is 19.3 Å². The predicted octanol–water partition coefficient (Wildman–Crippen LogP) is 21.8. The molecule has 0 bridgehead atoms. The summed E-state index contributed by atoms with van der Waals surface area (Å²) in [5.74, 6) is -1.59. The molecule has 0 fully saturated rings. The Morgan fingerprint density at radius 2 is 0.546 bits per heavy atom. The smallest absolute Gasteiger partial charge is 0.463 e. The van der Waals surface area contributed by atoms with Crippen LogP contribution in [0.4, 0.5) is 0 Å². The van der Waals surface area contributed by atoms with Crippen molar-refractivity contribution in [1.29, 1.82) is 0 Å². The average Bonchev–Trinajstić information content (AvgIpc) is 1.86. The molecule has 16 nitrogen and oxygen atoms in total. The van der Waals surface area contributed by atoms with Gasteiger partial charge in [-0.15, -0.1) is 0 Å². The first-order chi connectivity index (χ1) is 47.2. The second-order valence-electron chi connectivity index (χ2n) is 25.0. The fourth-order valence-corrected chi connectivity index (χ4v) is 11.6. The summed E-state index contributed by atoms with van der Waals surface area (Å²) in [6.07, 6.45) is 83.8. The number of ether oxygens (including phenoxy) is 3. The van der Waals surface area contributed by atoms with Crippen molar-refractivity contribution in [2.45, 2.75) is 322 Å². The first-order valence-electron chi connectivity index (χ1n) is 37.8. The van der Waals surface area contributed by atoms with Crippen molar-refractivity contribution < 1.29 is 75.8 Å². The Kier molecular flexibility index (Phi) is 68.8. The van der Waals surface area contributed by atoms with E-state index in [1.54, 1.807) is 0 Å². The molecule has 0 saturated heterocycles. The highest BCUT2D eigenvalue weighted by Crippen LogP contribution is 2.45. The van der Waals surface area contributed by atoms with Crippen LogP contribution in [0.25, 0.3) is 0 Å². The van der Waals surface area contributed by atoms with Gasteiger partial charge in [0, 0.05) is 19.3 Å². The maximum atomic E-state index is 13.0. The molecule has 0 amide bonds. The molecule has 5 atom stereocenters. The van der Waals surface area contributed by atoms with Crippen LogP contribution in [0.2, 0.25) is 0 Å². The number of rotatable bonds is 71. The SMILES string of the molecule is CC/C=C\C/C=C\C/C=C\C/C=C\C/C=C\C/C=C\CCCCCCCCCCC(=O)OCC(O)COP(=O)(O)OCC(O)COP(=O)(O)OCC(COC(=O)CCCCCCCC/C=C\C/C=C\C/C=C\C/C=C\CC)OC(=O)CCCCCCCCCCCCCCCCC. The summed E-state index contributed by atoms with van der Waals surface area (Å²) in [7, 11) is -9.79. The van der Waals surface area contributed by atoms with Gasteiger partial charge in [0.05, 0.1) is 26.4 Å². The summed E-state index contributed by atoms with van der Waals surface area (Å²) in [6, 6.07) is 0. The van der Waals surface area contributed by atoms with Gasteiger partial charge in [-0.1, -0.05) is 296 Å². The zero-order valence-electron chi connectivity index (χ0n) is 60.7. The summed E-state index contributed by atoms with van der Waals surface area (Å²) in [5.41, 5.74) is 0. The Morgan fingerprint density at radius 1 is 0.299 bits per heavy atom. The van der Waals surface area contributed by atoms with Crippen LogP contribution in [0, 0.1) is 0 Å². The number of phosphoric ester groups is 2. The summed E-state index contributed by atoms with van der Waals surface area (Å²) in [6.45, 7) is 2.45. The van der Waals surface area contributed by atoms with Crippen LogP contribution in [-0.2, 0) is 55.8 Å². The van der Waals surface area contributed by atoms with Gasteiger partial charge in [-0.05, 0) is 109 Å². The highest BCUT2D eigenvalue weighted by Gasteiger charge is 2.29. The Bertz CT molecular complexity index is 2250. The molecular weight excluding hydrogens is 1270 g/mol. The number of aliphatic hydroxyl groups excluding tert-OH is 2. The number of unbranched alkanes of at least 4 members (excludes halogenated alkanes) is 28. The quantitative estimate of drug-likeness (QED) is 0.0146. The normalized spacial score (nSPS) is 14.8. The largest absolute Gasteiger partial charge is 0.472 e. The van der Waals surface area contributed by atoms with Crippen LogP contribution in [0.1, 0.15) is 303 Å². The Balaban J connectivity index is 4.58. The van der Waals surface area contributed by atoms with E-state index < -0.39 is 91.5 Å². The van der Waals surface area contributed by atoms with Crippen molar-refractivity contribution in [2.75, 3.05) is 39.6 Å². The van der Waals surface area contributed by atoms with E-state index in [1.165, 1.54) is 83.5 Å². The number of carbonyl (C=O) groups excluding carboxylic acids is 3. The third-order valence-electron chi connectivity index (χ3n) is 15.7. The van der Waals surface area contributed by atoms with Crippen LogP contribution in [0.5, 0.6) is 0 Å². The van der Waals surface area contributed by atoms with Gasteiger partial charge in [0.25, 0.3) is 0 Å². The second-order valence-corrected chi connectivity index (χ2v) is 28.0. The van der Waals surface area contributed by atoms with Crippen molar-refractivity contribution >= 4 is 33.6 Å². The van der Waals surface area contributed by atoms with Gasteiger partial charge in [0.15, 0.2) is 6.10 Å². The first kappa shape index (κ1) is 93.0. The third kappa shape index (κ3) is 73.0. The van der Waals surface area contributed by atoms with Crippen LogP contribution in [0.3, 0.4) is 0 Å². The monoisotopic (exact) mass is 1400 g/mol. The van der Waals surface area contributed by atoms with Crippen molar-refractivity contribution in [2.24, 2.45) is 0 Å². The van der Waals surface area contributed by atoms with E-state index in [9.17, 15) is 43.5 Å². The number of carbonyl (C=O) groups is 3. The molecule has 0 aromatic rings. The van der Waals surface area contributed by atoms with Crippen LogP contribution >= 0.6 is 15.6 Å². The van der Waals surface area contributed by atoms with Gasteiger partial charge in [-0.3, -0.25) is 32.5 Å². The molecule has 0 saturated carbocycles. The average molecular weight is 1400 g/mol. The number of hydrogen-bond donors (Lipinski definition) is 4. The first-order valence-corrected chi connectivity index (χ1v) is 40.8. The molecular formula is C79H136O16P2. The van der Waals surface area contributed by atoms with Crippen LogP contribution in [0.15, 0.2) is 122 Å². The standard InChI is InChI=1S/C79H136O16P2/c1-4-7-10-13-16-19-22-25-28-30-32-33-34-35-36-37-38-39-41-43-45-47-50-53-56-59-62-65-77(82)89-68-74(80)69-91-96(85,86)92-70-75(81)71-93-97(87,88)94-73-76(95-79(84)67-64-61-58-55-52-49-44-27-24-21-18-15-12-9-6-3)72-90-78(83)66-63-60-57-54-51-48-46-42-40-31-29-26-23-20-17-14-11-8-5-2/h7-8,10-11,16-17,19-20,25-26,28-29,32-33,35-36,38-40,42,74-76,80-81H,4-6,9,12-15,18,21-24,27,30-31,34,37,41,43-73H2,1-3H3,(H,85,86)(H,87,88)/b10-7-,11-8-,19-16-,20-17-,28-25-,29-26-,33-32-,36-35-,39-38-,42-40-. The minimum atomic E-state index is -4.93. The van der Waals surface area contributed by atoms with Gasteiger partial charge in [0.2, 0.25) is 0 Å². The van der Waals surface area contributed by atoms with Crippen molar-refractivity contribution in [3.63, 3.8) is 0 Å². The minimum absolute atomic E-state index is 0.103. The van der Waals surface area contributed by atoms with E-state index in [0.717, 1.165) is 161 Å². The summed E-state index contributed by atoms with van der Waals surface area (Å²) >= 11 is 0. The van der Waals surface area contributed by atoms with Gasteiger partial charge in [-0.2, -0.15) is 0 Å². The summed E-state index contributed by atoms with van der Waals surface area (Å²) in [4.78, 5) is 58.6. The lowest BCUT2D eigenvalue weighted by Crippen LogP contribution is -2.30. The minimum Gasteiger partial charge on any atom is -0.463 e. The highest BCUT2D eigenvalue weighted by molar-refractivity contribution is 7.47. The Labute approximate surface area is 589 Å². The lowest BCUT2D eigenvalue weighted by molar-refractivity contribution is -0.161. The molecule has 5 unspecified atom stereocenters. The maximum absolute atomic E-state index is 13.0. The lowest BCUT2D eigenvalue weighted by atomic mass is 10.0. The topological polar surface area (TPSA) is 231 Å². The highest BCUT2D eigenvalue weighted by atomic mass is 31.2. The molecule has 0 radical (unpaired) electrons. The lowest BCUT2D eigenvalue weighted by Gasteiger charge is -2.21. The van der Waals surface area contributed by atoms with Gasteiger partial charge in [-0.25, -0.2) is 9.13 Å². The molecule has 0 heterocycles. The van der Waals surface area contributed by atoms with E-state index in [0.29, 0.717) is 19.3 Å². The molecule has 0 aromatic heterocycles. The van der Waals surface area contributed by atoms with Gasteiger partial charge in [0.1, 0.15) is 25.4 Å². The van der Waals surface area contributed by atoms with Gasteiger partial charge < -0.3 is 34.2 Å². The van der Waals surface area contributed by atoms with E-state index >= 15 is 0 Å². The summed E-state index contributed by atoms with van der Waals surface area (Å²) in [5, 5.41) is 20.6. The number of esters is 3. The molecule has 0 rings (SSSR count). The number of aliphatic hydroxyl groups is 2. The van der Waals surface area contributed by atoms with E-state index in [1.807, 2.05) is 0 Å². The fraction of sp³-hybridized carbons (Fsp3) is 0.709. The Hall–Kier alpha value is -4.05. The van der Waals surface area contributed by atoms with E-state index in [4.69, 9.17) is 32.3 Å². The van der Waals surface area contributed by atoms with Gasteiger partial charge >= 0.3 is 33.6 Å². The number of phosphoric acid groups is 2. The molecule has 0 aliphatic heterocycles. The zero-order valence-corrected chi connectivity index (χ0v) is 62.5. The number of allylic oxidation sites excluding steroid dienone is 20. The molecule has 0 aromatic carbocycles. The summed E-state index contributed by atoms with van der Waals surface area (Å²) < 4.78 is 61.1. The zero-order chi connectivity index (χ0) is 70.9. The second kappa shape index (κ2) is 71.8. The molecule has 558 valence electrons.